The van der Waals surface area contributed by atoms with E-state index in [9.17, 15) is 13.2 Å². The van der Waals surface area contributed by atoms with Crippen LogP contribution in [0.15, 0.2) is 46.7 Å². The standard InChI is InChI=1S/C16H20N2O3S2/c1-12(15-4-3-11-22-15)18-16(19)10-7-13-5-8-14(9-6-13)23(20,21)17-2/h3-6,8-9,11-12,17H,7,10H2,1-2H3,(H,18,19). The number of hydrogen-bond donors (Lipinski definition) is 2. The molecule has 1 amide bonds. The number of aryl methyl sites for hydroxylation is 1. The van der Waals surface area contributed by atoms with Crippen LogP contribution in [-0.2, 0) is 21.2 Å². The van der Waals surface area contributed by atoms with E-state index in [1.54, 1.807) is 35.6 Å². The first kappa shape index (κ1) is 17.7. The van der Waals surface area contributed by atoms with E-state index in [4.69, 9.17) is 0 Å². The van der Waals surface area contributed by atoms with Gasteiger partial charge in [0.25, 0.3) is 0 Å². The van der Waals surface area contributed by atoms with Crippen molar-refractivity contribution in [1.82, 2.24) is 10.0 Å². The lowest BCUT2D eigenvalue weighted by atomic mass is 10.1. The largest absolute Gasteiger partial charge is 0.349 e. The Labute approximate surface area is 140 Å². The Hall–Kier alpha value is -1.70. The van der Waals surface area contributed by atoms with Crippen molar-refractivity contribution >= 4 is 27.3 Å². The van der Waals surface area contributed by atoms with E-state index in [1.165, 1.54) is 7.05 Å². The zero-order chi connectivity index (χ0) is 16.9. The van der Waals surface area contributed by atoms with Gasteiger partial charge in [-0.15, -0.1) is 11.3 Å². The number of rotatable bonds is 7. The number of nitrogens with one attached hydrogen (secondary N) is 2. The van der Waals surface area contributed by atoms with Gasteiger partial charge in [-0.05, 0) is 49.5 Å². The van der Waals surface area contributed by atoms with Gasteiger partial charge in [-0.2, -0.15) is 0 Å². The Morgan fingerprint density at radius 2 is 1.91 bits per heavy atom. The summed E-state index contributed by atoms with van der Waals surface area (Å²) < 4.78 is 25.5. The molecule has 124 valence electrons. The monoisotopic (exact) mass is 352 g/mol. The first-order chi connectivity index (χ1) is 10.9. The van der Waals surface area contributed by atoms with Gasteiger partial charge in [0.15, 0.2) is 0 Å². The van der Waals surface area contributed by atoms with E-state index in [0.29, 0.717) is 12.8 Å². The molecule has 0 saturated carbocycles. The number of amides is 1. The molecule has 0 aliphatic carbocycles. The van der Waals surface area contributed by atoms with E-state index >= 15 is 0 Å². The molecule has 1 aromatic heterocycles. The van der Waals surface area contributed by atoms with Crippen LogP contribution >= 0.6 is 11.3 Å². The van der Waals surface area contributed by atoms with Crippen LogP contribution in [-0.4, -0.2) is 21.4 Å². The molecule has 1 aromatic carbocycles. The quantitative estimate of drug-likeness (QED) is 0.804. The van der Waals surface area contributed by atoms with Crippen molar-refractivity contribution in [3.8, 4) is 0 Å². The summed E-state index contributed by atoms with van der Waals surface area (Å²) in [6.07, 6.45) is 0.941. The average molecular weight is 352 g/mol. The minimum atomic E-state index is -3.42. The van der Waals surface area contributed by atoms with Crippen LogP contribution in [0.1, 0.15) is 29.8 Å². The molecule has 0 radical (unpaired) electrons. The molecule has 2 rings (SSSR count). The van der Waals surface area contributed by atoms with Gasteiger partial charge in [0.2, 0.25) is 15.9 Å². The lowest BCUT2D eigenvalue weighted by molar-refractivity contribution is -0.121. The topological polar surface area (TPSA) is 75.3 Å². The molecule has 0 aliphatic rings. The van der Waals surface area contributed by atoms with Gasteiger partial charge in [0.1, 0.15) is 0 Å². The molecule has 7 heteroatoms. The highest BCUT2D eigenvalue weighted by Gasteiger charge is 2.12. The van der Waals surface area contributed by atoms with Crippen molar-refractivity contribution in [1.29, 1.82) is 0 Å². The second-order valence-corrected chi connectivity index (χ2v) is 8.02. The predicted octanol–water partition coefficient (Wildman–Crippen LogP) is 2.47. The first-order valence-corrected chi connectivity index (χ1v) is 9.64. The molecule has 1 heterocycles. The maximum absolute atomic E-state index is 12.0. The second-order valence-electron chi connectivity index (χ2n) is 5.16. The Morgan fingerprint density at radius 1 is 1.22 bits per heavy atom. The average Bonchev–Trinajstić information content (AvgIpc) is 3.08. The zero-order valence-electron chi connectivity index (χ0n) is 13.1. The van der Waals surface area contributed by atoms with Crippen molar-refractivity contribution in [3.05, 3.63) is 52.2 Å². The number of benzene rings is 1. The molecule has 1 unspecified atom stereocenters. The van der Waals surface area contributed by atoms with E-state index in [1.807, 2.05) is 24.4 Å². The van der Waals surface area contributed by atoms with Gasteiger partial charge in [0.05, 0.1) is 10.9 Å². The summed E-state index contributed by atoms with van der Waals surface area (Å²) in [6.45, 7) is 1.96. The third-order valence-electron chi connectivity index (χ3n) is 3.49. The van der Waals surface area contributed by atoms with Crippen molar-refractivity contribution in [2.45, 2.75) is 30.7 Å². The minimum Gasteiger partial charge on any atom is -0.349 e. The molecule has 2 N–H and O–H groups in total. The first-order valence-electron chi connectivity index (χ1n) is 7.27. The van der Waals surface area contributed by atoms with Gasteiger partial charge >= 0.3 is 0 Å². The summed E-state index contributed by atoms with van der Waals surface area (Å²) in [7, 11) is -2.04. The van der Waals surface area contributed by atoms with E-state index < -0.39 is 10.0 Å². The van der Waals surface area contributed by atoms with E-state index in [2.05, 4.69) is 10.0 Å². The van der Waals surface area contributed by atoms with Crippen LogP contribution in [0.2, 0.25) is 0 Å². The van der Waals surface area contributed by atoms with Crippen LogP contribution in [0.4, 0.5) is 0 Å². The Balaban J connectivity index is 1.87. The van der Waals surface area contributed by atoms with Crippen LogP contribution in [0.3, 0.4) is 0 Å². The number of hydrogen-bond acceptors (Lipinski definition) is 4. The Morgan fingerprint density at radius 3 is 2.48 bits per heavy atom. The van der Waals surface area contributed by atoms with Crippen LogP contribution in [0.5, 0.6) is 0 Å². The van der Waals surface area contributed by atoms with Crippen molar-refractivity contribution in [3.63, 3.8) is 0 Å². The van der Waals surface area contributed by atoms with Crippen molar-refractivity contribution < 1.29 is 13.2 Å². The summed E-state index contributed by atoms with van der Waals surface area (Å²) in [5.41, 5.74) is 0.930. The molecule has 0 fully saturated rings. The molecular formula is C16H20N2O3S2. The zero-order valence-corrected chi connectivity index (χ0v) is 14.7. The highest BCUT2D eigenvalue weighted by Crippen LogP contribution is 2.18. The lowest BCUT2D eigenvalue weighted by Gasteiger charge is -2.12. The van der Waals surface area contributed by atoms with E-state index in [0.717, 1.165) is 10.4 Å². The highest BCUT2D eigenvalue weighted by molar-refractivity contribution is 7.89. The molecule has 2 aromatic rings. The third-order valence-corrected chi connectivity index (χ3v) is 5.98. The summed E-state index contributed by atoms with van der Waals surface area (Å²) in [4.78, 5) is 13.3. The Bertz CT molecular complexity index is 738. The molecule has 5 nitrogen and oxygen atoms in total. The smallest absolute Gasteiger partial charge is 0.240 e. The predicted molar refractivity (Wildman–Crippen MR) is 91.9 cm³/mol. The fourth-order valence-corrected chi connectivity index (χ4v) is 3.60. The fraction of sp³-hybridized carbons (Fsp3) is 0.312. The van der Waals surface area contributed by atoms with Crippen LogP contribution in [0.25, 0.3) is 0 Å². The third kappa shape index (κ3) is 4.89. The lowest BCUT2D eigenvalue weighted by Crippen LogP contribution is -2.26. The highest BCUT2D eigenvalue weighted by atomic mass is 32.2. The van der Waals surface area contributed by atoms with Gasteiger partial charge in [-0.1, -0.05) is 18.2 Å². The van der Waals surface area contributed by atoms with Gasteiger partial charge in [0, 0.05) is 11.3 Å². The molecule has 0 spiro atoms. The summed E-state index contributed by atoms with van der Waals surface area (Å²) in [6, 6.07) is 10.5. The minimum absolute atomic E-state index is 0.00523. The van der Waals surface area contributed by atoms with Gasteiger partial charge in [-0.3, -0.25) is 4.79 Å². The van der Waals surface area contributed by atoms with Gasteiger partial charge < -0.3 is 5.32 Å². The van der Waals surface area contributed by atoms with Crippen molar-refractivity contribution in [2.24, 2.45) is 0 Å². The molecule has 23 heavy (non-hydrogen) atoms. The normalized spacial score (nSPS) is 12.8. The maximum atomic E-state index is 12.0. The second kappa shape index (κ2) is 7.72. The molecule has 0 bridgehead atoms. The fourth-order valence-electron chi connectivity index (χ4n) is 2.13. The summed E-state index contributed by atoms with van der Waals surface area (Å²) in [5, 5.41) is 4.95. The SMILES string of the molecule is CNS(=O)(=O)c1ccc(CCC(=O)NC(C)c2cccs2)cc1. The number of sulfonamides is 1. The molecule has 0 aliphatic heterocycles. The Kier molecular flexibility index (Phi) is 5.92. The van der Waals surface area contributed by atoms with E-state index in [-0.39, 0.29) is 16.8 Å². The summed E-state index contributed by atoms with van der Waals surface area (Å²) in [5.74, 6) is -0.0159. The van der Waals surface area contributed by atoms with Crippen LogP contribution < -0.4 is 10.0 Å². The van der Waals surface area contributed by atoms with Gasteiger partial charge in [-0.25, -0.2) is 13.1 Å². The van der Waals surface area contributed by atoms with Crippen molar-refractivity contribution in [2.75, 3.05) is 7.05 Å². The molecule has 0 saturated heterocycles. The number of thiophene rings is 1. The number of carbonyl (C=O) groups excluding carboxylic acids is 1. The molecular weight excluding hydrogens is 332 g/mol. The van der Waals surface area contributed by atoms with Crippen LogP contribution in [0, 0.1) is 0 Å². The maximum Gasteiger partial charge on any atom is 0.240 e. The number of carbonyl (C=O) groups is 1. The molecule has 1 atom stereocenters. The summed E-state index contributed by atoms with van der Waals surface area (Å²) >= 11 is 1.62.